The van der Waals surface area contributed by atoms with Crippen molar-refractivity contribution in [3.8, 4) is 11.4 Å². The van der Waals surface area contributed by atoms with E-state index in [4.69, 9.17) is 4.74 Å². The van der Waals surface area contributed by atoms with Crippen molar-refractivity contribution in [3.63, 3.8) is 0 Å². The molecule has 7 nitrogen and oxygen atoms in total. The Labute approximate surface area is 179 Å². The highest BCUT2D eigenvalue weighted by Gasteiger charge is 2.09. The number of nitrogens with zero attached hydrogens (tertiary/aromatic N) is 2. The summed E-state index contributed by atoms with van der Waals surface area (Å²) in [5, 5.41) is 9.82. The Bertz CT molecular complexity index is 1170. The summed E-state index contributed by atoms with van der Waals surface area (Å²) >= 11 is 0. The zero-order chi connectivity index (χ0) is 21.6. The second-order valence-electron chi connectivity index (χ2n) is 6.71. The molecule has 0 atom stereocenters. The van der Waals surface area contributed by atoms with Gasteiger partial charge in [-0.3, -0.25) is 9.59 Å². The normalized spacial score (nSPS) is 10.4. The van der Waals surface area contributed by atoms with E-state index in [0.717, 1.165) is 5.69 Å². The lowest BCUT2D eigenvalue weighted by Crippen LogP contribution is -2.13. The molecule has 1 aromatic heterocycles. The molecule has 3 aromatic carbocycles. The molecule has 7 heteroatoms. The Hall–Kier alpha value is -4.39. The van der Waals surface area contributed by atoms with Crippen LogP contribution >= 0.6 is 0 Å². The lowest BCUT2D eigenvalue weighted by atomic mass is 10.1. The number of hydrogen-bond acceptors (Lipinski definition) is 4. The van der Waals surface area contributed by atoms with Gasteiger partial charge in [0.1, 0.15) is 5.75 Å². The Morgan fingerprint density at radius 2 is 1.29 bits per heavy atom. The van der Waals surface area contributed by atoms with Crippen molar-refractivity contribution in [1.82, 2.24) is 9.78 Å². The summed E-state index contributed by atoms with van der Waals surface area (Å²) in [6.07, 6.45) is 3.53. The van der Waals surface area contributed by atoms with Crippen molar-refractivity contribution in [2.24, 2.45) is 0 Å². The minimum atomic E-state index is -0.239. The van der Waals surface area contributed by atoms with E-state index in [1.54, 1.807) is 78.7 Å². The van der Waals surface area contributed by atoms with Crippen molar-refractivity contribution in [3.05, 3.63) is 102 Å². The van der Waals surface area contributed by atoms with Gasteiger partial charge in [-0.15, -0.1) is 0 Å². The van der Waals surface area contributed by atoms with Crippen molar-refractivity contribution in [2.75, 3.05) is 17.7 Å². The molecule has 0 radical (unpaired) electrons. The number of nitrogens with one attached hydrogen (secondary N) is 2. The predicted octanol–water partition coefficient (Wildman–Crippen LogP) is 4.39. The molecule has 2 amide bonds. The lowest BCUT2D eigenvalue weighted by molar-refractivity contribution is 0.102. The maximum Gasteiger partial charge on any atom is 0.255 e. The monoisotopic (exact) mass is 412 g/mol. The van der Waals surface area contributed by atoms with Crippen LogP contribution in [0.15, 0.2) is 91.3 Å². The maximum absolute atomic E-state index is 12.5. The Morgan fingerprint density at radius 3 is 1.77 bits per heavy atom. The van der Waals surface area contributed by atoms with Crippen LogP contribution in [0.1, 0.15) is 20.7 Å². The SMILES string of the molecule is COc1ccc(NC(=O)c2ccc(NC(=O)c3ccc(-n4cccn4)cc3)cc2)cc1. The molecular formula is C24H20N4O3. The molecule has 0 unspecified atom stereocenters. The number of benzene rings is 3. The number of rotatable bonds is 6. The van der Waals surface area contributed by atoms with Gasteiger partial charge < -0.3 is 15.4 Å². The number of methoxy groups -OCH3 is 1. The molecule has 4 rings (SSSR count). The Morgan fingerprint density at radius 1 is 0.774 bits per heavy atom. The van der Waals surface area contributed by atoms with Crippen molar-refractivity contribution in [2.45, 2.75) is 0 Å². The van der Waals surface area contributed by atoms with Crippen LogP contribution < -0.4 is 15.4 Å². The average Bonchev–Trinajstić information content (AvgIpc) is 3.35. The molecule has 0 aliphatic carbocycles. The van der Waals surface area contributed by atoms with Gasteiger partial charge in [-0.25, -0.2) is 4.68 Å². The van der Waals surface area contributed by atoms with E-state index < -0.39 is 0 Å². The van der Waals surface area contributed by atoms with E-state index in [1.165, 1.54) is 0 Å². The molecule has 2 N–H and O–H groups in total. The number of anilines is 2. The second kappa shape index (κ2) is 8.96. The van der Waals surface area contributed by atoms with E-state index in [1.807, 2.05) is 24.4 Å². The van der Waals surface area contributed by atoms with Crippen LogP contribution in [0.4, 0.5) is 11.4 Å². The van der Waals surface area contributed by atoms with E-state index in [9.17, 15) is 9.59 Å². The molecule has 0 spiro atoms. The van der Waals surface area contributed by atoms with Crippen molar-refractivity contribution in [1.29, 1.82) is 0 Å². The first-order valence-corrected chi connectivity index (χ1v) is 9.59. The topological polar surface area (TPSA) is 85.3 Å². The third-order valence-corrected chi connectivity index (χ3v) is 4.65. The second-order valence-corrected chi connectivity index (χ2v) is 6.71. The van der Waals surface area contributed by atoms with Crippen molar-refractivity contribution >= 4 is 23.2 Å². The van der Waals surface area contributed by atoms with Gasteiger partial charge in [-0.1, -0.05) is 0 Å². The average molecular weight is 412 g/mol. The molecule has 0 aliphatic rings. The van der Waals surface area contributed by atoms with Gasteiger partial charge in [0, 0.05) is 34.9 Å². The smallest absolute Gasteiger partial charge is 0.255 e. The molecule has 0 saturated carbocycles. The molecule has 4 aromatic rings. The Kier molecular flexibility index (Phi) is 5.75. The third kappa shape index (κ3) is 4.79. The molecule has 0 fully saturated rings. The van der Waals surface area contributed by atoms with Crippen LogP contribution in [0.2, 0.25) is 0 Å². The standard InChI is InChI=1S/C24H20N4O3/c1-31-22-13-9-20(10-14-22)27-23(29)17-3-7-19(8-4-17)26-24(30)18-5-11-21(12-6-18)28-16-2-15-25-28/h2-16H,1H3,(H,26,30)(H,27,29). The van der Waals surface area contributed by atoms with Gasteiger partial charge in [0.25, 0.3) is 11.8 Å². The highest BCUT2D eigenvalue weighted by molar-refractivity contribution is 6.06. The van der Waals surface area contributed by atoms with Crippen LogP contribution in [0.3, 0.4) is 0 Å². The summed E-state index contributed by atoms with van der Waals surface area (Å²) in [7, 11) is 1.59. The first-order valence-electron chi connectivity index (χ1n) is 9.59. The fourth-order valence-electron chi connectivity index (χ4n) is 2.97. The molecule has 31 heavy (non-hydrogen) atoms. The summed E-state index contributed by atoms with van der Waals surface area (Å²) < 4.78 is 6.83. The van der Waals surface area contributed by atoms with Crippen LogP contribution in [-0.4, -0.2) is 28.7 Å². The number of hydrogen-bond donors (Lipinski definition) is 2. The largest absolute Gasteiger partial charge is 0.497 e. The summed E-state index contributed by atoms with van der Waals surface area (Å²) in [6.45, 7) is 0. The zero-order valence-electron chi connectivity index (χ0n) is 16.8. The fraction of sp³-hybridized carbons (Fsp3) is 0.0417. The van der Waals surface area contributed by atoms with E-state index in [0.29, 0.717) is 28.3 Å². The third-order valence-electron chi connectivity index (χ3n) is 4.65. The summed E-state index contributed by atoms with van der Waals surface area (Å²) in [5.74, 6) is 0.244. The van der Waals surface area contributed by atoms with Gasteiger partial charge in [-0.05, 0) is 78.9 Å². The summed E-state index contributed by atoms with van der Waals surface area (Å²) in [6, 6.07) is 22.8. The van der Waals surface area contributed by atoms with Gasteiger partial charge in [-0.2, -0.15) is 5.10 Å². The van der Waals surface area contributed by atoms with Crippen LogP contribution in [0.25, 0.3) is 5.69 Å². The van der Waals surface area contributed by atoms with Gasteiger partial charge >= 0.3 is 0 Å². The van der Waals surface area contributed by atoms with Crippen LogP contribution in [-0.2, 0) is 0 Å². The van der Waals surface area contributed by atoms with Gasteiger partial charge in [0.2, 0.25) is 0 Å². The first-order chi connectivity index (χ1) is 15.1. The molecule has 0 bridgehead atoms. The predicted molar refractivity (Wildman–Crippen MR) is 119 cm³/mol. The highest BCUT2D eigenvalue weighted by atomic mass is 16.5. The molecule has 154 valence electrons. The van der Waals surface area contributed by atoms with E-state index in [-0.39, 0.29) is 11.8 Å². The summed E-state index contributed by atoms with van der Waals surface area (Å²) in [5.41, 5.74) is 3.15. The fourth-order valence-corrected chi connectivity index (χ4v) is 2.97. The highest BCUT2D eigenvalue weighted by Crippen LogP contribution is 2.17. The number of aromatic nitrogens is 2. The van der Waals surface area contributed by atoms with Crippen molar-refractivity contribution < 1.29 is 14.3 Å². The zero-order valence-corrected chi connectivity index (χ0v) is 16.8. The quantitative estimate of drug-likeness (QED) is 0.492. The van der Waals surface area contributed by atoms with Crippen LogP contribution in [0, 0.1) is 0 Å². The number of carbonyl (C=O) groups is 2. The van der Waals surface area contributed by atoms with Gasteiger partial charge in [0.05, 0.1) is 12.8 Å². The van der Waals surface area contributed by atoms with Crippen LogP contribution in [0.5, 0.6) is 5.75 Å². The van der Waals surface area contributed by atoms with E-state index in [2.05, 4.69) is 15.7 Å². The Balaban J connectivity index is 1.37. The van der Waals surface area contributed by atoms with E-state index >= 15 is 0 Å². The number of amides is 2. The molecule has 0 aliphatic heterocycles. The summed E-state index contributed by atoms with van der Waals surface area (Å²) in [4.78, 5) is 24.9. The minimum absolute atomic E-state index is 0.234. The maximum atomic E-state index is 12.5. The minimum Gasteiger partial charge on any atom is -0.497 e. The number of ether oxygens (including phenoxy) is 1. The lowest BCUT2D eigenvalue weighted by Gasteiger charge is -2.09. The first kappa shape index (κ1) is 19.9. The molecule has 1 heterocycles. The molecular weight excluding hydrogens is 392 g/mol. The molecule has 0 saturated heterocycles. The van der Waals surface area contributed by atoms with Gasteiger partial charge in [0.15, 0.2) is 0 Å². The number of carbonyl (C=O) groups excluding carboxylic acids is 2.